The van der Waals surface area contributed by atoms with Crippen LogP contribution in [0.1, 0.15) is 64.8 Å². The van der Waals surface area contributed by atoms with E-state index in [2.05, 4.69) is 35.8 Å². The second-order valence-corrected chi connectivity index (χ2v) is 12.3. The molecule has 3 aromatic carbocycles. The molecule has 0 aliphatic heterocycles. The highest BCUT2D eigenvalue weighted by Crippen LogP contribution is 2.14. The summed E-state index contributed by atoms with van der Waals surface area (Å²) < 4.78 is 0. The van der Waals surface area contributed by atoms with Gasteiger partial charge in [-0.3, -0.25) is 34.2 Å². The molecule has 0 aliphatic rings. The molecule has 0 aliphatic carbocycles. The van der Waals surface area contributed by atoms with Gasteiger partial charge in [0.15, 0.2) is 0 Å². The van der Waals surface area contributed by atoms with Crippen molar-refractivity contribution in [2.24, 2.45) is 0 Å². The van der Waals surface area contributed by atoms with Crippen molar-refractivity contribution in [3.05, 3.63) is 196 Å². The summed E-state index contributed by atoms with van der Waals surface area (Å²) in [5.41, 5.74) is 6.72. The fraction of sp³-hybridized carbons (Fsp3) is 0.143. The highest BCUT2D eigenvalue weighted by molar-refractivity contribution is 5.94. The molecule has 0 radical (unpaired) electrons. The Morgan fingerprint density at radius 3 is 0.942 bits per heavy atom. The van der Waals surface area contributed by atoms with E-state index < -0.39 is 0 Å². The predicted octanol–water partition coefficient (Wildman–Crippen LogP) is 5.86. The molecule has 0 bridgehead atoms. The summed E-state index contributed by atoms with van der Waals surface area (Å²) in [6, 6.07) is 40.0. The van der Waals surface area contributed by atoms with Gasteiger partial charge < -0.3 is 16.0 Å². The van der Waals surface area contributed by atoms with Crippen molar-refractivity contribution < 1.29 is 14.4 Å². The number of hydrogen-bond acceptors (Lipinski definition) is 7. The minimum atomic E-state index is -0.200. The second kappa shape index (κ2) is 17.9. The number of pyridine rings is 3. The molecule has 0 saturated carbocycles. The summed E-state index contributed by atoms with van der Waals surface area (Å²) in [4.78, 5) is 54.2. The SMILES string of the molecule is O=C(NCc1ccccc1)c1ccc(CN(Cc2ccc(C(=O)NCc3ccccc3)cn2)Cc2ccc(C(=O)NCc3ccccc3)cn2)nc1. The highest BCUT2D eigenvalue weighted by atomic mass is 16.2. The first-order valence-corrected chi connectivity index (χ1v) is 17.0. The van der Waals surface area contributed by atoms with Gasteiger partial charge in [-0.15, -0.1) is 0 Å². The zero-order valence-corrected chi connectivity index (χ0v) is 28.6. The molecule has 6 rings (SSSR count). The van der Waals surface area contributed by atoms with Crippen LogP contribution in [0.2, 0.25) is 0 Å². The number of rotatable bonds is 15. The first-order chi connectivity index (χ1) is 25.5. The van der Waals surface area contributed by atoms with Gasteiger partial charge in [-0.1, -0.05) is 91.0 Å². The predicted molar refractivity (Wildman–Crippen MR) is 198 cm³/mol. The molecule has 0 saturated heterocycles. The summed E-state index contributed by atoms with van der Waals surface area (Å²) >= 11 is 0. The van der Waals surface area contributed by atoms with Crippen LogP contribution >= 0.6 is 0 Å². The van der Waals surface area contributed by atoms with Gasteiger partial charge in [0.2, 0.25) is 0 Å². The largest absolute Gasteiger partial charge is 0.348 e. The van der Waals surface area contributed by atoms with E-state index in [0.717, 1.165) is 33.8 Å². The van der Waals surface area contributed by atoms with Crippen molar-refractivity contribution in [3.63, 3.8) is 0 Å². The van der Waals surface area contributed by atoms with Crippen LogP contribution in [0, 0.1) is 0 Å². The van der Waals surface area contributed by atoms with Gasteiger partial charge in [0.25, 0.3) is 17.7 Å². The molecule has 3 amide bonds. The molecule has 0 spiro atoms. The van der Waals surface area contributed by atoms with E-state index >= 15 is 0 Å². The van der Waals surface area contributed by atoms with E-state index in [0.29, 0.717) is 56.0 Å². The van der Waals surface area contributed by atoms with Gasteiger partial charge in [-0.2, -0.15) is 0 Å². The smallest absolute Gasteiger partial charge is 0.253 e. The Morgan fingerprint density at radius 2 is 0.692 bits per heavy atom. The number of carbonyl (C=O) groups excluding carboxylic acids is 3. The van der Waals surface area contributed by atoms with E-state index in [1.54, 1.807) is 36.8 Å². The van der Waals surface area contributed by atoms with Gasteiger partial charge >= 0.3 is 0 Å². The average molecular weight is 690 g/mol. The number of benzene rings is 3. The first kappa shape index (κ1) is 35.3. The van der Waals surface area contributed by atoms with Gasteiger partial charge in [0, 0.05) is 57.9 Å². The second-order valence-electron chi connectivity index (χ2n) is 12.3. The maximum atomic E-state index is 12.8. The third kappa shape index (κ3) is 10.5. The Balaban J connectivity index is 1.11. The van der Waals surface area contributed by atoms with Crippen molar-refractivity contribution in [2.75, 3.05) is 0 Å². The van der Waals surface area contributed by atoms with Crippen LogP contribution in [0.3, 0.4) is 0 Å². The van der Waals surface area contributed by atoms with Crippen molar-refractivity contribution >= 4 is 17.7 Å². The molecule has 0 fully saturated rings. The third-order valence-corrected chi connectivity index (χ3v) is 8.31. The molecule has 3 N–H and O–H groups in total. The number of carbonyl (C=O) groups is 3. The Bertz CT molecular complexity index is 1800. The van der Waals surface area contributed by atoms with Gasteiger partial charge in [-0.25, -0.2) is 0 Å². The lowest BCUT2D eigenvalue weighted by Gasteiger charge is -2.21. The fourth-order valence-electron chi connectivity index (χ4n) is 5.45. The normalized spacial score (nSPS) is 10.8. The van der Waals surface area contributed by atoms with Crippen LogP contribution < -0.4 is 16.0 Å². The van der Waals surface area contributed by atoms with E-state index in [1.165, 1.54) is 0 Å². The fourth-order valence-corrected chi connectivity index (χ4v) is 5.45. The van der Waals surface area contributed by atoms with Crippen LogP contribution in [0.25, 0.3) is 0 Å². The van der Waals surface area contributed by atoms with E-state index in [-0.39, 0.29) is 17.7 Å². The Labute approximate surface area is 303 Å². The van der Waals surface area contributed by atoms with Crippen LogP contribution in [0.5, 0.6) is 0 Å². The summed E-state index contributed by atoms with van der Waals surface area (Å²) in [5, 5.41) is 8.81. The number of hydrogen-bond donors (Lipinski definition) is 3. The van der Waals surface area contributed by atoms with Gasteiger partial charge in [0.1, 0.15) is 0 Å². The monoisotopic (exact) mass is 689 g/mol. The van der Waals surface area contributed by atoms with Gasteiger partial charge in [0.05, 0.1) is 33.8 Å². The maximum Gasteiger partial charge on any atom is 0.253 e. The standard InChI is InChI=1S/C42H39N7O3/c50-40(46-22-31-10-4-1-5-11-31)34-16-19-37(43-25-34)28-49(29-38-20-17-35(26-44-38)41(51)47-23-32-12-6-2-7-13-32)30-39-21-18-36(27-45-39)42(52)48-24-33-14-8-3-9-15-33/h1-21,25-27H,22-24,28-30H2,(H,46,50)(H,47,51)(H,48,52). The molecule has 52 heavy (non-hydrogen) atoms. The highest BCUT2D eigenvalue weighted by Gasteiger charge is 2.15. The van der Waals surface area contributed by atoms with Gasteiger partial charge in [-0.05, 0) is 53.1 Å². The average Bonchev–Trinajstić information content (AvgIpc) is 3.20. The first-order valence-electron chi connectivity index (χ1n) is 17.0. The molecule has 10 nitrogen and oxygen atoms in total. The molecular formula is C42H39N7O3. The van der Waals surface area contributed by atoms with Crippen LogP contribution in [0.4, 0.5) is 0 Å². The molecule has 3 aromatic heterocycles. The molecule has 0 atom stereocenters. The molecule has 3 heterocycles. The zero-order valence-electron chi connectivity index (χ0n) is 28.6. The summed E-state index contributed by atoms with van der Waals surface area (Å²) in [6.07, 6.45) is 4.74. The molecular weight excluding hydrogens is 651 g/mol. The molecule has 10 heteroatoms. The number of amides is 3. The van der Waals surface area contributed by atoms with E-state index in [1.807, 2.05) is 109 Å². The Morgan fingerprint density at radius 1 is 0.404 bits per heavy atom. The number of nitrogens with zero attached hydrogens (tertiary/aromatic N) is 4. The Kier molecular flexibility index (Phi) is 12.2. The lowest BCUT2D eigenvalue weighted by atomic mass is 10.2. The van der Waals surface area contributed by atoms with Crippen molar-refractivity contribution in [3.8, 4) is 0 Å². The molecule has 0 unspecified atom stereocenters. The molecule has 6 aromatic rings. The van der Waals surface area contributed by atoms with Crippen molar-refractivity contribution in [2.45, 2.75) is 39.3 Å². The van der Waals surface area contributed by atoms with Crippen molar-refractivity contribution in [1.82, 2.24) is 35.8 Å². The lowest BCUT2D eigenvalue weighted by molar-refractivity contribution is 0.0942. The quantitative estimate of drug-likeness (QED) is 0.123. The number of nitrogens with one attached hydrogen (secondary N) is 3. The minimum Gasteiger partial charge on any atom is -0.348 e. The third-order valence-electron chi connectivity index (χ3n) is 8.31. The van der Waals surface area contributed by atoms with Crippen molar-refractivity contribution in [1.29, 1.82) is 0 Å². The topological polar surface area (TPSA) is 129 Å². The Hall–Kier alpha value is -6.52. The summed E-state index contributed by atoms with van der Waals surface area (Å²) in [7, 11) is 0. The van der Waals surface area contributed by atoms with E-state index in [9.17, 15) is 14.4 Å². The summed E-state index contributed by atoms with van der Waals surface area (Å²) in [5.74, 6) is -0.600. The maximum absolute atomic E-state index is 12.8. The van der Waals surface area contributed by atoms with Crippen LogP contribution in [-0.2, 0) is 39.3 Å². The van der Waals surface area contributed by atoms with Crippen LogP contribution in [-0.4, -0.2) is 37.6 Å². The lowest BCUT2D eigenvalue weighted by Crippen LogP contribution is -2.26. The summed E-state index contributed by atoms with van der Waals surface area (Å²) in [6.45, 7) is 2.60. The number of aromatic nitrogens is 3. The molecule has 260 valence electrons. The van der Waals surface area contributed by atoms with Crippen LogP contribution in [0.15, 0.2) is 146 Å². The zero-order chi connectivity index (χ0) is 36.0. The minimum absolute atomic E-state index is 0.200. The van der Waals surface area contributed by atoms with E-state index in [4.69, 9.17) is 0 Å².